The average Bonchev–Trinajstić information content (AvgIpc) is 3.63. The molecule has 19 nitrogen and oxygen atoms in total. The van der Waals surface area contributed by atoms with E-state index in [4.69, 9.17) is 29.9 Å². The van der Waals surface area contributed by atoms with Crippen molar-refractivity contribution in [3.05, 3.63) is 119 Å². The van der Waals surface area contributed by atoms with Gasteiger partial charge in [0.05, 0.1) is 42.3 Å². The molecule has 3 saturated heterocycles. The van der Waals surface area contributed by atoms with E-state index in [0.717, 1.165) is 36.9 Å². The summed E-state index contributed by atoms with van der Waals surface area (Å²) in [5.41, 5.74) is 10.3. The number of aliphatic hydroxyl groups is 2. The fraction of sp³-hybridized carbons (Fsp3) is 0.424. The lowest BCUT2D eigenvalue weighted by atomic mass is 9.92. The highest BCUT2D eigenvalue weighted by Gasteiger charge is 2.45. The molecule has 0 unspecified atom stereocenters. The first-order chi connectivity index (χ1) is 39.0. The lowest BCUT2D eigenvalue weighted by Gasteiger charge is -2.30. The van der Waals surface area contributed by atoms with Crippen molar-refractivity contribution in [2.75, 3.05) is 50.6 Å². The van der Waals surface area contributed by atoms with Gasteiger partial charge >= 0.3 is 12.2 Å². The molecule has 6 N–H and O–H groups in total. The minimum absolute atomic E-state index is 0.00440. The number of aromatic nitrogens is 7. The Bertz CT molecular complexity index is 3440. The molecule has 1 saturated carbocycles. The number of nitrogen functional groups attached to an aromatic ring is 1. The zero-order chi connectivity index (χ0) is 56.9. The summed E-state index contributed by atoms with van der Waals surface area (Å²) >= 11 is 0. The number of carbonyl (C=O) groups excluding carboxylic acids is 2. The molecule has 3 aromatic carbocycles. The van der Waals surface area contributed by atoms with E-state index < -0.39 is 54.4 Å². The van der Waals surface area contributed by atoms with Crippen molar-refractivity contribution >= 4 is 34.4 Å². The van der Waals surface area contributed by atoms with Gasteiger partial charge in [0, 0.05) is 74.2 Å². The maximum Gasteiger partial charge on any atom is 0.418 e. The highest BCUT2D eigenvalue weighted by atomic mass is 19.4. The smallest absolute Gasteiger partial charge is 0.418 e. The molecule has 3 aliphatic heterocycles. The first kappa shape index (κ1) is 55.1. The summed E-state index contributed by atoms with van der Waals surface area (Å²) in [5, 5.41) is 37.2. The Morgan fingerprint density at radius 1 is 0.951 bits per heavy atom. The first-order valence-electron chi connectivity index (χ1n) is 27.4. The molecule has 0 spiro atoms. The number of fused-ring (bicyclic) bond motifs is 3. The molecule has 7 atom stereocenters. The number of alkyl halides is 3. The Labute approximate surface area is 466 Å². The second kappa shape index (κ2) is 22.6. The Morgan fingerprint density at radius 3 is 2.37 bits per heavy atom. The highest BCUT2D eigenvalue weighted by Crippen LogP contribution is 2.54. The molecule has 7 aromatic rings. The van der Waals surface area contributed by atoms with Crippen molar-refractivity contribution in [1.29, 1.82) is 0 Å². The fourth-order valence-corrected chi connectivity index (χ4v) is 11.5. The maximum absolute atomic E-state index is 15.3. The molecule has 7 heterocycles. The number of hydrogen-bond donors (Lipinski definition) is 5. The Hall–Kier alpha value is -7.79. The standard InChI is InChI=1S/C59H65F3N12O7/c1-31(2)53(57(78)73-26-42(76)21-47(73)56(77)66-46(28-75)38-16-12-35(13-17-38)39-7-6-18-64-23-39)74-27-45(70-71-74)37-10-8-34(9-11-37)30-80-54-49(52-50(59(60,61)62)32(3)19-48(63)67-52)43(36-14-15-36)22-44-51(54)68-58(81-29-33(4)79-5)69-55(44)72-25-40-20-41(72)24-65-40/h6-13,16-19,22-23,27,31,33,36,40-42,46-47,53,65,75-76H,14-15,20-21,24-26,28-30H2,1-5H3,(H2,63,67)(H,66,77)/t33-,40-,41-,42+,46-,47-,53-/m0/s1. The number of hydrogen-bond acceptors (Lipinski definition) is 16. The quantitative estimate of drug-likeness (QED) is 0.0532. The Morgan fingerprint density at radius 2 is 1.72 bits per heavy atom. The molecule has 22 heteroatoms. The Kier molecular flexibility index (Phi) is 15.4. The van der Waals surface area contributed by atoms with Crippen molar-refractivity contribution in [3.8, 4) is 45.4 Å². The number of piperazine rings is 1. The predicted molar refractivity (Wildman–Crippen MR) is 296 cm³/mol. The summed E-state index contributed by atoms with van der Waals surface area (Å²) in [4.78, 5) is 50.7. The lowest BCUT2D eigenvalue weighted by Crippen LogP contribution is -2.50. The predicted octanol–water partition coefficient (Wildman–Crippen LogP) is 7.35. The van der Waals surface area contributed by atoms with Crippen LogP contribution < -0.4 is 30.7 Å². The number of anilines is 2. The van der Waals surface area contributed by atoms with Crippen molar-refractivity contribution in [1.82, 2.24) is 50.5 Å². The molecule has 2 amide bonds. The summed E-state index contributed by atoms with van der Waals surface area (Å²) in [6, 6.07) is 19.3. The van der Waals surface area contributed by atoms with Crippen LogP contribution in [0.3, 0.4) is 0 Å². The van der Waals surface area contributed by atoms with Gasteiger partial charge in [-0.05, 0) is 96.5 Å². The number of nitrogens with one attached hydrogen (secondary N) is 2. The van der Waals surface area contributed by atoms with Gasteiger partial charge in [0.15, 0.2) is 5.75 Å². The molecule has 4 fully saturated rings. The van der Waals surface area contributed by atoms with Crippen LogP contribution in [0.1, 0.15) is 92.3 Å². The van der Waals surface area contributed by atoms with Crippen LogP contribution in [0.4, 0.5) is 24.8 Å². The molecule has 1 aliphatic carbocycles. The third-order valence-electron chi connectivity index (χ3n) is 15.9. The van der Waals surface area contributed by atoms with Gasteiger partial charge in [0.1, 0.15) is 48.1 Å². The number of β-amino-alcohol motifs (C(OH)–C–C–N with tert-alkyl or cyclic N) is 1. The molecule has 4 aromatic heterocycles. The lowest BCUT2D eigenvalue weighted by molar-refractivity contribution is -0.142. The van der Waals surface area contributed by atoms with E-state index in [-0.39, 0.29) is 96.1 Å². The van der Waals surface area contributed by atoms with E-state index in [1.807, 2.05) is 87.5 Å². The van der Waals surface area contributed by atoms with Gasteiger partial charge in [-0.1, -0.05) is 73.7 Å². The van der Waals surface area contributed by atoms with E-state index in [0.29, 0.717) is 45.7 Å². The Balaban J connectivity index is 0.876. The van der Waals surface area contributed by atoms with Gasteiger partial charge in [-0.2, -0.15) is 23.1 Å². The number of halogens is 3. The minimum Gasteiger partial charge on any atom is -0.486 e. The molecule has 424 valence electrons. The van der Waals surface area contributed by atoms with Crippen LogP contribution >= 0.6 is 0 Å². The number of rotatable bonds is 19. The molecule has 4 aliphatic rings. The molecular formula is C59H65F3N12O7. The van der Waals surface area contributed by atoms with Gasteiger partial charge < -0.3 is 50.6 Å². The average molecular weight is 1110 g/mol. The number of likely N-dealkylation sites (tertiary alicyclic amines) is 1. The van der Waals surface area contributed by atoms with Gasteiger partial charge in [-0.25, -0.2) is 9.67 Å². The van der Waals surface area contributed by atoms with E-state index >= 15 is 13.2 Å². The largest absolute Gasteiger partial charge is 0.486 e. The van der Waals surface area contributed by atoms with Crippen LogP contribution in [0, 0.1) is 12.8 Å². The molecule has 11 rings (SSSR count). The van der Waals surface area contributed by atoms with Crippen molar-refractivity contribution in [2.45, 2.75) is 114 Å². The summed E-state index contributed by atoms with van der Waals surface area (Å²) in [6.45, 7) is 7.89. The number of aliphatic hydroxyl groups excluding tert-OH is 2. The minimum atomic E-state index is -4.80. The molecule has 0 radical (unpaired) electrons. The number of methoxy groups -OCH3 is 1. The van der Waals surface area contributed by atoms with Crippen molar-refractivity contribution < 1.29 is 47.2 Å². The zero-order valence-electron chi connectivity index (χ0n) is 45.6. The van der Waals surface area contributed by atoms with E-state index in [1.54, 1.807) is 25.7 Å². The van der Waals surface area contributed by atoms with Gasteiger partial charge in [-0.3, -0.25) is 14.6 Å². The van der Waals surface area contributed by atoms with Crippen LogP contribution in [-0.4, -0.2) is 132 Å². The van der Waals surface area contributed by atoms with Gasteiger partial charge in [0.25, 0.3) is 0 Å². The normalized spacial score (nSPS) is 20.0. The third kappa shape index (κ3) is 11.3. The van der Waals surface area contributed by atoms with Crippen LogP contribution in [0.15, 0.2) is 91.4 Å². The van der Waals surface area contributed by atoms with Gasteiger partial charge in [-0.15, -0.1) is 5.10 Å². The number of nitrogens with two attached hydrogens (primary N) is 1. The number of benzene rings is 3. The molecular weight excluding hydrogens is 1050 g/mol. The first-order valence-corrected chi connectivity index (χ1v) is 27.4. The number of carbonyl (C=O) groups is 2. The highest BCUT2D eigenvalue weighted by molar-refractivity contribution is 6.01. The fourth-order valence-electron chi connectivity index (χ4n) is 11.5. The number of pyridine rings is 2. The summed E-state index contributed by atoms with van der Waals surface area (Å²) in [6.07, 6.45) is 1.42. The van der Waals surface area contributed by atoms with Crippen LogP contribution in [0.25, 0.3) is 44.5 Å². The van der Waals surface area contributed by atoms with Crippen LogP contribution in [0.5, 0.6) is 11.8 Å². The summed E-state index contributed by atoms with van der Waals surface area (Å²) in [7, 11) is 1.57. The van der Waals surface area contributed by atoms with Crippen LogP contribution in [-0.2, 0) is 27.1 Å². The maximum atomic E-state index is 15.3. The summed E-state index contributed by atoms with van der Waals surface area (Å²) < 4.78 is 65.9. The molecule has 2 bridgehead atoms. The second-order valence-corrected chi connectivity index (χ2v) is 22.0. The van der Waals surface area contributed by atoms with E-state index in [1.165, 1.54) is 22.6 Å². The van der Waals surface area contributed by atoms with Crippen LogP contribution in [0.2, 0.25) is 0 Å². The van der Waals surface area contributed by atoms with Crippen molar-refractivity contribution in [2.24, 2.45) is 5.92 Å². The molecule has 81 heavy (non-hydrogen) atoms. The summed E-state index contributed by atoms with van der Waals surface area (Å²) in [5.74, 6) is -0.728. The topological polar surface area (TPSA) is 241 Å². The monoisotopic (exact) mass is 1110 g/mol. The second-order valence-electron chi connectivity index (χ2n) is 22.0. The SMILES string of the molecule is CO[C@@H](C)COc1nc(N2C[C@@H]3C[C@H]2CN3)c2cc(C3CC3)c(-c3nc(N)cc(C)c3C(F)(F)F)c(OCc3ccc(-c4cn([C@H](C(=O)N5C[C@H](O)C[C@H]5C(=O)N[C@@H](CO)c5ccc(-c6cccnc6)cc5)C(C)C)nn4)cc3)c2n1. The van der Waals surface area contributed by atoms with Gasteiger partial charge in [0.2, 0.25) is 11.8 Å². The van der Waals surface area contributed by atoms with Crippen molar-refractivity contribution in [3.63, 3.8) is 0 Å². The van der Waals surface area contributed by atoms with E-state index in [9.17, 15) is 19.8 Å². The number of ether oxygens (including phenoxy) is 3. The number of amides is 2. The van der Waals surface area contributed by atoms with E-state index in [2.05, 4.69) is 35.8 Å². The zero-order valence-corrected chi connectivity index (χ0v) is 45.6. The number of aryl methyl sites for hydroxylation is 1. The third-order valence-corrected chi connectivity index (χ3v) is 15.9. The number of nitrogens with zero attached hydrogens (tertiary/aromatic N) is 9.